The third-order valence-corrected chi connectivity index (χ3v) is 3.70. The van der Waals surface area contributed by atoms with Crippen molar-refractivity contribution < 1.29 is 22.7 Å². The van der Waals surface area contributed by atoms with Gasteiger partial charge in [-0.25, -0.2) is 4.68 Å². The van der Waals surface area contributed by atoms with Gasteiger partial charge in [0.2, 0.25) is 0 Å². The summed E-state index contributed by atoms with van der Waals surface area (Å²) < 4.78 is 46.2. The summed E-state index contributed by atoms with van der Waals surface area (Å²) in [4.78, 5) is 12.3. The molecule has 25 heavy (non-hydrogen) atoms. The number of methoxy groups -OCH3 is 1. The molecule has 2 aromatic rings. The Hall–Kier alpha value is -2.06. The van der Waals surface area contributed by atoms with Crippen LogP contribution < -0.4 is 5.32 Å². The van der Waals surface area contributed by atoms with Gasteiger partial charge in [-0.05, 0) is 31.5 Å². The maximum atomic E-state index is 13.5. The van der Waals surface area contributed by atoms with Crippen LogP contribution >= 0.6 is 11.6 Å². The SMILES string of the molecule is COCCC(C)NC(=O)c1cnn(-c2cccc(Cl)c2)c1C(F)(F)F. The summed E-state index contributed by atoms with van der Waals surface area (Å²) in [7, 11) is 1.51. The number of hydrogen-bond donors (Lipinski definition) is 1. The highest BCUT2D eigenvalue weighted by Crippen LogP contribution is 2.34. The largest absolute Gasteiger partial charge is 0.434 e. The van der Waals surface area contributed by atoms with E-state index in [1.807, 2.05) is 0 Å². The first-order valence-electron chi connectivity index (χ1n) is 7.45. The molecular formula is C16H17ClF3N3O2. The zero-order chi connectivity index (χ0) is 18.6. The zero-order valence-corrected chi connectivity index (χ0v) is 14.4. The standard InChI is InChI=1S/C16H17ClF3N3O2/c1-10(6-7-25-2)22-15(24)13-9-21-23(14(13)16(18,19)20)12-5-3-4-11(17)8-12/h3-5,8-10H,6-7H2,1-2H3,(H,22,24). The molecule has 0 saturated heterocycles. The van der Waals surface area contributed by atoms with E-state index < -0.39 is 23.3 Å². The van der Waals surface area contributed by atoms with Gasteiger partial charge < -0.3 is 10.1 Å². The number of carbonyl (C=O) groups is 1. The summed E-state index contributed by atoms with van der Waals surface area (Å²) in [5.41, 5.74) is -1.57. The minimum absolute atomic E-state index is 0.117. The van der Waals surface area contributed by atoms with Crippen LogP contribution in [0.3, 0.4) is 0 Å². The van der Waals surface area contributed by atoms with Crippen molar-refractivity contribution in [3.05, 3.63) is 46.7 Å². The van der Waals surface area contributed by atoms with E-state index in [1.54, 1.807) is 6.92 Å². The van der Waals surface area contributed by atoms with Crippen molar-refractivity contribution in [2.45, 2.75) is 25.6 Å². The first-order valence-corrected chi connectivity index (χ1v) is 7.82. The van der Waals surface area contributed by atoms with Crippen molar-refractivity contribution in [2.75, 3.05) is 13.7 Å². The molecule has 5 nitrogen and oxygen atoms in total. The number of benzene rings is 1. The molecule has 2 rings (SSSR count). The molecule has 0 aliphatic rings. The van der Waals surface area contributed by atoms with Gasteiger partial charge in [-0.3, -0.25) is 4.79 Å². The number of ether oxygens (including phenoxy) is 1. The molecule has 0 spiro atoms. The maximum Gasteiger partial charge on any atom is 0.434 e. The van der Waals surface area contributed by atoms with Gasteiger partial charge in [0.25, 0.3) is 5.91 Å². The van der Waals surface area contributed by atoms with Gasteiger partial charge in [0.05, 0.1) is 17.4 Å². The maximum absolute atomic E-state index is 13.5. The Morgan fingerprint density at radius 3 is 2.76 bits per heavy atom. The molecule has 0 aliphatic carbocycles. The Labute approximate surface area is 147 Å². The van der Waals surface area contributed by atoms with E-state index in [1.165, 1.54) is 31.4 Å². The Bertz CT molecular complexity index is 746. The van der Waals surface area contributed by atoms with Crippen LogP contribution in [0.1, 0.15) is 29.4 Å². The van der Waals surface area contributed by atoms with Crippen molar-refractivity contribution in [1.82, 2.24) is 15.1 Å². The molecule has 1 amide bonds. The van der Waals surface area contributed by atoms with Gasteiger partial charge in [-0.15, -0.1) is 0 Å². The fourth-order valence-electron chi connectivity index (χ4n) is 2.26. The molecule has 1 aromatic heterocycles. The third kappa shape index (κ3) is 4.73. The van der Waals surface area contributed by atoms with E-state index in [9.17, 15) is 18.0 Å². The average molecular weight is 376 g/mol. The minimum atomic E-state index is -4.76. The number of carbonyl (C=O) groups excluding carboxylic acids is 1. The van der Waals surface area contributed by atoms with E-state index in [-0.39, 0.29) is 16.8 Å². The topological polar surface area (TPSA) is 56.1 Å². The van der Waals surface area contributed by atoms with E-state index in [4.69, 9.17) is 16.3 Å². The van der Waals surface area contributed by atoms with Crippen molar-refractivity contribution in [3.8, 4) is 5.69 Å². The van der Waals surface area contributed by atoms with Gasteiger partial charge >= 0.3 is 6.18 Å². The molecule has 1 N–H and O–H groups in total. The highest BCUT2D eigenvalue weighted by Gasteiger charge is 2.40. The van der Waals surface area contributed by atoms with Gasteiger partial charge in [-0.2, -0.15) is 18.3 Å². The molecule has 1 heterocycles. The Balaban J connectivity index is 2.38. The second-order valence-corrected chi connectivity index (χ2v) is 5.89. The summed E-state index contributed by atoms with van der Waals surface area (Å²) in [5, 5.41) is 6.52. The monoisotopic (exact) mass is 375 g/mol. The van der Waals surface area contributed by atoms with Crippen LogP contribution in [0.5, 0.6) is 0 Å². The Kier molecular flexibility index (Phi) is 6.07. The number of aromatic nitrogens is 2. The van der Waals surface area contributed by atoms with Crippen molar-refractivity contribution in [3.63, 3.8) is 0 Å². The lowest BCUT2D eigenvalue weighted by Crippen LogP contribution is -2.34. The smallest absolute Gasteiger partial charge is 0.385 e. The highest BCUT2D eigenvalue weighted by molar-refractivity contribution is 6.30. The van der Waals surface area contributed by atoms with Gasteiger partial charge in [0.15, 0.2) is 5.69 Å². The minimum Gasteiger partial charge on any atom is -0.385 e. The van der Waals surface area contributed by atoms with Crippen LogP contribution in [0.15, 0.2) is 30.5 Å². The summed E-state index contributed by atoms with van der Waals surface area (Å²) in [6.45, 7) is 2.07. The fourth-order valence-corrected chi connectivity index (χ4v) is 2.44. The van der Waals surface area contributed by atoms with E-state index in [0.29, 0.717) is 17.7 Å². The molecule has 1 atom stereocenters. The van der Waals surface area contributed by atoms with Crippen molar-refractivity contribution >= 4 is 17.5 Å². The molecule has 0 radical (unpaired) electrons. The molecule has 0 aliphatic heterocycles. The first-order chi connectivity index (χ1) is 11.7. The summed E-state index contributed by atoms with van der Waals surface area (Å²) >= 11 is 5.83. The van der Waals surface area contributed by atoms with E-state index >= 15 is 0 Å². The summed E-state index contributed by atoms with van der Waals surface area (Å²) in [6.07, 6.45) is -3.38. The lowest BCUT2D eigenvalue weighted by Gasteiger charge is -2.15. The third-order valence-electron chi connectivity index (χ3n) is 3.47. The van der Waals surface area contributed by atoms with Crippen LogP contribution in [0, 0.1) is 0 Å². The molecule has 0 bridgehead atoms. The van der Waals surface area contributed by atoms with Crippen molar-refractivity contribution in [1.29, 1.82) is 0 Å². The second-order valence-electron chi connectivity index (χ2n) is 5.45. The molecule has 0 saturated carbocycles. The molecule has 1 unspecified atom stereocenters. The predicted molar refractivity (Wildman–Crippen MR) is 87.0 cm³/mol. The number of rotatable bonds is 6. The molecule has 136 valence electrons. The lowest BCUT2D eigenvalue weighted by atomic mass is 10.2. The van der Waals surface area contributed by atoms with Crippen LogP contribution in [-0.2, 0) is 10.9 Å². The zero-order valence-electron chi connectivity index (χ0n) is 13.6. The molecule has 1 aromatic carbocycles. The molecule has 0 fully saturated rings. The number of alkyl halides is 3. The fraction of sp³-hybridized carbons (Fsp3) is 0.375. The van der Waals surface area contributed by atoms with Gasteiger partial charge in [0, 0.05) is 24.8 Å². The number of amides is 1. The Morgan fingerprint density at radius 2 is 2.16 bits per heavy atom. The molecule has 9 heteroatoms. The van der Waals surface area contributed by atoms with Crippen molar-refractivity contribution in [2.24, 2.45) is 0 Å². The van der Waals surface area contributed by atoms with Crippen LogP contribution in [0.2, 0.25) is 5.02 Å². The quantitative estimate of drug-likeness (QED) is 0.837. The second kappa shape index (κ2) is 7.88. The average Bonchev–Trinajstić information content (AvgIpc) is 2.98. The van der Waals surface area contributed by atoms with Crippen LogP contribution in [-0.4, -0.2) is 35.4 Å². The Morgan fingerprint density at radius 1 is 1.44 bits per heavy atom. The normalized spacial score (nSPS) is 12.9. The number of hydrogen-bond acceptors (Lipinski definition) is 3. The number of nitrogens with one attached hydrogen (secondary N) is 1. The van der Waals surface area contributed by atoms with E-state index in [0.717, 1.165) is 6.20 Å². The van der Waals surface area contributed by atoms with E-state index in [2.05, 4.69) is 10.4 Å². The summed E-state index contributed by atoms with van der Waals surface area (Å²) in [5.74, 6) is -0.843. The lowest BCUT2D eigenvalue weighted by molar-refractivity contribution is -0.143. The first kappa shape index (κ1) is 19.3. The predicted octanol–water partition coefficient (Wildman–Crippen LogP) is 3.70. The van der Waals surface area contributed by atoms with Gasteiger partial charge in [-0.1, -0.05) is 17.7 Å². The number of nitrogens with zero attached hydrogens (tertiary/aromatic N) is 2. The number of halogens is 4. The van der Waals surface area contributed by atoms with Crippen LogP contribution in [0.4, 0.5) is 13.2 Å². The summed E-state index contributed by atoms with van der Waals surface area (Å²) in [6, 6.07) is 5.46. The molecular weight excluding hydrogens is 359 g/mol. The van der Waals surface area contributed by atoms with Crippen LogP contribution in [0.25, 0.3) is 5.69 Å². The highest BCUT2D eigenvalue weighted by atomic mass is 35.5. The van der Waals surface area contributed by atoms with Gasteiger partial charge in [0.1, 0.15) is 0 Å².